The summed E-state index contributed by atoms with van der Waals surface area (Å²) in [6.45, 7) is 9.29. The van der Waals surface area contributed by atoms with Gasteiger partial charge in [-0.15, -0.1) is 11.3 Å². The van der Waals surface area contributed by atoms with Gasteiger partial charge in [-0.25, -0.2) is 8.42 Å². The number of benzene rings is 3. The van der Waals surface area contributed by atoms with Crippen LogP contribution in [0, 0.1) is 0 Å². The van der Waals surface area contributed by atoms with Crippen molar-refractivity contribution < 1.29 is 13.2 Å². The summed E-state index contributed by atoms with van der Waals surface area (Å²) < 4.78 is 29.5. The zero-order valence-electron chi connectivity index (χ0n) is 23.8. The molecular weight excluding hydrogens is 537 g/mol. The number of hydrogen-bond acceptors (Lipinski definition) is 4. The first-order valence-corrected chi connectivity index (χ1v) is 16.4. The Balaban J connectivity index is 1.49. The van der Waals surface area contributed by atoms with Crippen LogP contribution >= 0.6 is 11.3 Å². The monoisotopic (exact) mass is 574 g/mol. The molecule has 1 unspecified atom stereocenters. The third kappa shape index (κ3) is 5.60. The maximum Gasteiger partial charge on any atom is 0.244 e. The molecule has 1 aliphatic rings. The van der Waals surface area contributed by atoms with Gasteiger partial charge in [-0.05, 0) is 57.8 Å². The Labute approximate surface area is 242 Å². The van der Waals surface area contributed by atoms with Crippen LogP contribution in [0.3, 0.4) is 0 Å². The van der Waals surface area contributed by atoms with E-state index in [1.807, 2.05) is 42.2 Å². The van der Waals surface area contributed by atoms with E-state index in [1.54, 1.807) is 23.5 Å². The van der Waals surface area contributed by atoms with Crippen molar-refractivity contribution in [3.63, 3.8) is 0 Å². The third-order valence-corrected chi connectivity index (χ3v) is 10.7. The number of rotatable bonds is 8. The minimum atomic E-state index is -3.90. The molecule has 1 atom stereocenters. The molecule has 0 fully saturated rings. The fourth-order valence-electron chi connectivity index (χ4n) is 5.53. The van der Waals surface area contributed by atoms with Gasteiger partial charge in [0.2, 0.25) is 15.9 Å². The second-order valence-corrected chi connectivity index (χ2v) is 14.5. The molecule has 3 aromatic carbocycles. The van der Waals surface area contributed by atoms with Gasteiger partial charge in [0.15, 0.2) is 0 Å². The molecule has 0 saturated carbocycles. The molecule has 4 aromatic rings. The summed E-state index contributed by atoms with van der Waals surface area (Å²) >= 11 is 1.73. The molecule has 0 saturated heterocycles. The molecule has 2 heterocycles. The molecule has 0 N–H and O–H groups in total. The predicted octanol–water partition coefficient (Wildman–Crippen LogP) is 7.16. The highest BCUT2D eigenvalue weighted by Crippen LogP contribution is 2.39. The summed E-state index contributed by atoms with van der Waals surface area (Å²) in [5.74, 6) is -0.165. The number of thiophene rings is 1. The van der Waals surface area contributed by atoms with Crippen LogP contribution in [-0.4, -0.2) is 43.2 Å². The maximum absolute atomic E-state index is 14.1. The Kier molecular flexibility index (Phi) is 8.18. The molecular formula is C33H38N2O3S2. The Hall–Kier alpha value is -3.00. The average molecular weight is 575 g/mol. The standard InChI is InChI=1S/C33H38N2O3S2/c1-5-6-20-34(40(37,38)30-13-9-11-24-10-7-8-12-27(24)30)23-31(36)35-21-18-29-28(19-22-39-29)32(35)25-14-16-26(17-15-25)33(2,3)4/h7-17,19,22,32H,5-6,18,20-21,23H2,1-4H3. The van der Waals surface area contributed by atoms with E-state index in [2.05, 4.69) is 56.5 Å². The van der Waals surface area contributed by atoms with E-state index in [0.29, 0.717) is 24.9 Å². The molecule has 1 amide bonds. The van der Waals surface area contributed by atoms with Crippen LogP contribution < -0.4 is 0 Å². The van der Waals surface area contributed by atoms with Gasteiger partial charge in [0.1, 0.15) is 0 Å². The summed E-state index contributed by atoms with van der Waals surface area (Å²) in [5.41, 5.74) is 3.47. The van der Waals surface area contributed by atoms with E-state index in [0.717, 1.165) is 29.4 Å². The van der Waals surface area contributed by atoms with E-state index >= 15 is 0 Å². The Morgan fingerprint density at radius 1 is 1.00 bits per heavy atom. The van der Waals surface area contributed by atoms with Crippen LogP contribution in [0.4, 0.5) is 0 Å². The highest BCUT2D eigenvalue weighted by molar-refractivity contribution is 7.89. The molecule has 7 heteroatoms. The number of fused-ring (bicyclic) bond motifs is 2. The van der Waals surface area contributed by atoms with E-state index in [1.165, 1.54) is 14.7 Å². The molecule has 0 aliphatic carbocycles. The van der Waals surface area contributed by atoms with Crippen molar-refractivity contribution in [2.45, 2.75) is 63.3 Å². The lowest BCUT2D eigenvalue weighted by molar-refractivity contribution is -0.133. The Morgan fingerprint density at radius 2 is 1.73 bits per heavy atom. The lowest BCUT2D eigenvalue weighted by Gasteiger charge is -2.37. The van der Waals surface area contributed by atoms with Gasteiger partial charge < -0.3 is 4.90 Å². The average Bonchev–Trinajstić information content (AvgIpc) is 3.43. The number of carbonyl (C=O) groups is 1. The van der Waals surface area contributed by atoms with Crippen molar-refractivity contribution in [3.8, 4) is 0 Å². The SMILES string of the molecule is CCCCN(CC(=O)N1CCc2sccc2C1c1ccc(C(C)(C)C)cc1)S(=O)(=O)c1cccc2ccccc12. The third-order valence-electron chi connectivity index (χ3n) is 7.82. The molecule has 210 valence electrons. The lowest BCUT2D eigenvalue weighted by atomic mass is 9.85. The van der Waals surface area contributed by atoms with Crippen molar-refractivity contribution in [2.75, 3.05) is 19.6 Å². The minimum Gasteiger partial charge on any atom is -0.330 e. The van der Waals surface area contributed by atoms with Gasteiger partial charge in [-0.3, -0.25) is 4.79 Å². The lowest BCUT2D eigenvalue weighted by Crippen LogP contribution is -2.47. The van der Waals surface area contributed by atoms with Crippen LogP contribution in [0.15, 0.2) is 83.1 Å². The van der Waals surface area contributed by atoms with Gasteiger partial charge in [0.25, 0.3) is 0 Å². The van der Waals surface area contributed by atoms with Crippen molar-refractivity contribution in [2.24, 2.45) is 0 Å². The van der Waals surface area contributed by atoms with Crippen LogP contribution in [0.5, 0.6) is 0 Å². The summed E-state index contributed by atoms with van der Waals surface area (Å²) in [6.07, 6.45) is 2.30. The smallest absolute Gasteiger partial charge is 0.244 e. The highest BCUT2D eigenvalue weighted by atomic mass is 32.2. The second-order valence-electron chi connectivity index (χ2n) is 11.6. The normalized spacial score (nSPS) is 15.9. The van der Waals surface area contributed by atoms with Gasteiger partial charge >= 0.3 is 0 Å². The minimum absolute atomic E-state index is 0.0316. The van der Waals surface area contributed by atoms with Crippen LogP contribution in [0.25, 0.3) is 10.8 Å². The molecule has 1 aromatic heterocycles. The van der Waals surface area contributed by atoms with Crippen molar-refractivity contribution >= 4 is 38.0 Å². The van der Waals surface area contributed by atoms with Crippen LogP contribution in [0.1, 0.15) is 68.1 Å². The summed E-state index contributed by atoms with van der Waals surface area (Å²) in [5, 5.41) is 3.63. The van der Waals surface area contributed by atoms with Gasteiger partial charge in [0, 0.05) is 23.4 Å². The van der Waals surface area contributed by atoms with Crippen molar-refractivity contribution in [1.29, 1.82) is 0 Å². The number of sulfonamides is 1. The first-order valence-electron chi connectivity index (χ1n) is 14.1. The van der Waals surface area contributed by atoms with E-state index in [-0.39, 0.29) is 28.8 Å². The maximum atomic E-state index is 14.1. The van der Waals surface area contributed by atoms with Gasteiger partial charge in [-0.1, -0.05) is 94.8 Å². The molecule has 5 rings (SSSR count). The Morgan fingerprint density at radius 3 is 2.45 bits per heavy atom. The van der Waals surface area contributed by atoms with Crippen molar-refractivity contribution in [1.82, 2.24) is 9.21 Å². The van der Waals surface area contributed by atoms with Gasteiger partial charge in [-0.2, -0.15) is 4.31 Å². The first kappa shape index (κ1) is 28.5. The molecule has 5 nitrogen and oxygen atoms in total. The second kappa shape index (κ2) is 11.5. The fraction of sp³-hybridized carbons (Fsp3) is 0.364. The summed E-state index contributed by atoms with van der Waals surface area (Å²) in [6, 6.07) is 23.3. The molecule has 0 spiro atoms. The highest BCUT2D eigenvalue weighted by Gasteiger charge is 2.36. The number of carbonyl (C=O) groups excluding carboxylic acids is 1. The first-order chi connectivity index (χ1) is 19.1. The topological polar surface area (TPSA) is 57.7 Å². The molecule has 0 radical (unpaired) electrons. The van der Waals surface area contributed by atoms with Gasteiger partial charge in [0.05, 0.1) is 17.5 Å². The predicted molar refractivity (Wildman–Crippen MR) is 164 cm³/mol. The summed E-state index contributed by atoms with van der Waals surface area (Å²) in [4.78, 5) is 17.5. The summed E-state index contributed by atoms with van der Waals surface area (Å²) in [7, 11) is -3.90. The molecule has 40 heavy (non-hydrogen) atoms. The largest absolute Gasteiger partial charge is 0.330 e. The number of nitrogens with zero attached hydrogens (tertiary/aromatic N) is 2. The zero-order chi connectivity index (χ0) is 28.5. The van der Waals surface area contributed by atoms with Crippen LogP contribution in [-0.2, 0) is 26.7 Å². The number of amides is 1. The Bertz CT molecular complexity index is 1600. The number of unbranched alkanes of at least 4 members (excludes halogenated alkanes) is 1. The molecule has 1 aliphatic heterocycles. The van der Waals surface area contributed by atoms with E-state index in [4.69, 9.17) is 0 Å². The van der Waals surface area contributed by atoms with Crippen LogP contribution in [0.2, 0.25) is 0 Å². The quantitative estimate of drug-likeness (QED) is 0.224. The fourth-order valence-corrected chi connectivity index (χ4v) is 8.08. The van der Waals surface area contributed by atoms with Crippen molar-refractivity contribution in [3.05, 3.63) is 99.7 Å². The van der Waals surface area contributed by atoms with E-state index < -0.39 is 10.0 Å². The van der Waals surface area contributed by atoms with E-state index in [9.17, 15) is 13.2 Å². The number of hydrogen-bond donors (Lipinski definition) is 0. The molecule has 0 bridgehead atoms. The zero-order valence-corrected chi connectivity index (χ0v) is 25.4.